The van der Waals surface area contributed by atoms with Gasteiger partial charge in [0.25, 0.3) is 0 Å². The van der Waals surface area contributed by atoms with E-state index in [0.717, 1.165) is 0 Å². The fourth-order valence-electron chi connectivity index (χ4n) is 0.927. The number of primary amides is 1. The number of nitrogens with zero attached hydrogens (tertiary/aromatic N) is 1. The number of amides is 1. The summed E-state index contributed by atoms with van der Waals surface area (Å²) in [5.74, 6) is 6.06. The largest absolute Gasteiger partial charge is 0.370 e. The summed E-state index contributed by atoms with van der Waals surface area (Å²) in [5.41, 5.74) is 7.40. The van der Waals surface area contributed by atoms with Crippen molar-refractivity contribution in [1.82, 2.24) is 4.98 Å². The first-order chi connectivity index (χ1) is 6.72. The molecule has 0 fully saturated rings. The highest BCUT2D eigenvalue weighted by atomic mass is 16.1. The molecule has 0 aliphatic rings. The molecule has 1 heterocycles. The Hall–Kier alpha value is -1.82. The minimum absolute atomic E-state index is 0.280. The van der Waals surface area contributed by atoms with E-state index in [4.69, 9.17) is 11.6 Å². The van der Waals surface area contributed by atoms with E-state index in [9.17, 15) is 4.79 Å². The summed E-state index contributed by atoms with van der Waals surface area (Å²) in [6.07, 6.45) is 0.280. The van der Waals surface area contributed by atoms with Gasteiger partial charge in [-0.1, -0.05) is 6.07 Å². The van der Waals surface area contributed by atoms with Crippen molar-refractivity contribution >= 4 is 17.5 Å². The van der Waals surface area contributed by atoms with Crippen LogP contribution in [0.15, 0.2) is 18.2 Å². The Bertz CT molecular complexity index is 314. The molecular weight excluding hydrogens is 182 g/mol. The number of nitrogens with two attached hydrogens (primary N) is 2. The molecule has 0 spiro atoms. The van der Waals surface area contributed by atoms with Crippen molar-refractivity contribution in [3.63, 3.8) is 0 Å². The van der Waals surface area contributed by atoms with Crippen LogP contribution < -0.4 is 22.3 Å². The molecule has 76 valence electrons. The number of hydrogen-bond acceptors (Lipinski definition) is 5. The van der Waals surface area contributed by atoms with Crippen molar-refractivity contribution in [2.24, 2.45) is 11.6 Å². The Morgan fingerprint density at radius 2 is 2.14 bits per heavy atom. The van der Waals surface area contributed by atoms with Gasteiger partial charge in [0.1, 0.15) is 11.6 Å². The number of anilines is 2. The second-order valence-corrected chi connectivity index (χ2v) is 2.70. The summed E-state index contributed by atoms with van der Waals surface area (Å²) in [6.45, 7) is 0.469. The number of aromatic nitrogens is 1. The van der Waals surface area contributed by atoms with Gasteiger partial charge in [0.2, 0.25) is 5.91 Å². The highest BCUT2D eigenvalue weighted by molar-refractivity contribution is 5.74. The number of pyridine rings is 1. The molecule has 1 aromatic rings. The average Bonchev–Trinajstić information content (AvgIpc) is 2.18. The maximum Gasteiger partial charge on any atom is 0.219 e. The van der Waals surface area contributed by atoms with Crippen molar-refractivity contribution in [3.05, 3.63) is 18.2 Å². The first-order valence-corrected chi connectivity index (χ1v) is 4.18. The van der Waals surface area contributed by atoms with Crippen LogP contribution in [0, 0.1) is 0 Å². The van der Waals surface area contributed by atoms with Crippen molar-refractivity contribution in [1.29, 1.82) is 0 Å². The SMILES string of the molecule is NNc1cccc(NCCC(N)=O)n1. The Labute approximate surface area is 81.7 Å². The smallest absolute Gasteiger partial charge is 0.219 e. The maximum atomic E-state index is 10.4. The van der Waals surface area contributed by atoms with E-state index in [0.29, 0.717) is 18.2 Å². The van der Waals surface area contributed by atoms with Gasteiger partial charge in [-0.2, -0.15) is 0 Å². The molecule has 1 amide bonds. The molecule has 1 rings (SSSR count). The maximum absolute atomic E-state index is 10.4. The van der Waals surface area contributed by atoms with Gasteiger partial charge in [0.05, 0.1) is 0 Å². The standard InChI is InChI=1S/C8H13N5O/c9-6(14)4-5-11-7-2-1-3-8(12-7)13-10/h1-3H,4-5,10H2,(H2,9,14)(H2,11,12,13). The summed E-state index contributed by atoms with van der Waals surface area (Å²) in [5, 5.41) is 2.94. The Morgan fingerprint density at radius 1 is 1.43 bits per heavy atom. The molecule has 0 bridgehead atoms. The van der Waals surface area contributed by atoms with Gasteiger partial charge in [0.15, 0.2) is 0 Å². The van der Waals surface area contributed by atoms with E-state index in [1.165, 1.54) is 0 Å². The van der Waals surface area contributed by atoms with Crippen molar-refractivity contribution < 1.29 is 4.79 Å². The number of rotatable bonds is 5. The summed E-state index contributed by atoms with van der Waals surface area (Å²) in [4.78, 5) is 14.5. The second-order valence-electron chi connectivity index (χ2n) is 2.70. The van der Waals surface area contributed by atoms with Crippen LogP contribution in [0.5, 0.6) is 0 Å². The third kappa shape index (κ3) is 3.28. The third-order valence-electron chi connectivity index (χ3n) is 1.57. The predicted octanol–water partition coefficient (Wildman–Crippen LogP) is -0.346. The van der Waals surface area contributed by atoms with Gasteiger partial charge in [0, 0.05) is 13.0 Å². The van der Waals surface area contributed by atoms with E-state index >= 15 is 0 Å². The Balaban J connectivity index is 2.46. The monoisotopic (exact) mass is 195 g/mol. The van der Waals surface area contributed by atoms with Gasteiger partial charge in [-0.25, -0.2) is 10.8 Å². The lowest BCUT2D eigenvalue weighted by atomic mass is 10.4. The number of hydrazine groups is 1. The molecule has 0 unspecified atom stereocenters. The van der Waals surface area contributed by atoms with Crippen molar-refractivity contribution in [3.8, 4) is 0 Å². The zero-order valence-corrected chi connectivity index (χ0v) is 7.66. The minimum atomic E-state index is -0.342. The van der Waals surface area contributed by atoms with Gasteiger partial charge >= 0.3 is 0 Å². The number of carbonyl (C=O) groups excluding carboxylic acids is 1. The summed E-state index contributed by atoms with van der Waals surface area (Å²) in [6, 6.07) is 5.32. The lowest BCUT2D eigenvalue weighted by molar-refractivity contribution is -0.117. The van der Waals surface area contributed by atoms with Crippen molar-refractivity contribution in [2.45, 2.75) is 6.42 Å². The van der Waals surface area contributed by atoms with E-state index in [1.807, 2.05) is 0 Å². The predicted molar refractivity (Wildman–Crippen MR) is 54.3 cm³/mol. The van der Waals surface area contributed by atoms with E-state index in [1.54, 1.807) is 18.2 Å². The van der Waals surface area contributed by atoms with E-state index in [2.05, 4.69) is 15.7 Å². The summed E-state index contributed by atoms with van der Waals surface area (Å²) in [7, 11) is 0. The van der Waals surface area contributed by atoms with Crippen LogP contribution in [0.1, 0.15) is 6.42 Å². The molecule has 0 radical (unpaired) electrons. The Morgan fingerprint density at radius 3 is 2.79 bits per heavy atom. The van der Waals surface area contributed by atoms with Crippen LogP contribution in [-0.4, -0.2) is 17.4 Å². The van der Waals surface area contributed by atoms with Gasteiger partial charge in [-0.3, -0.25) is 4.79 Å². The highest BCUT2D eigenvalue weighted by Crippen LogP contribution is 2.07. The zero-order chi connectivity index (χ0) is 10.4. The molecule has 6 N–H and O–H groups in total. The summed E-state index contributed by atoms with van der Waals surface area (Å²) < 4.78 is 0. The number of nitrogens with one attached hydrogen (secondary N) is 2. The molecule has 6 heteroatoms. The summed E-state index contributed by atoms with van der Waals surface area (Å²) >= 11 is 0. The quantitative estimate of drug-likeness (QED) is 0.379. The van der Waals surface area contributed by atoms with Crippen molar-refractivity contribution in [2.75, 3.05) is 17.3 Å². The first-order valence-electron chi connectivity index (χ1n) is 4.18. The Kier molecular flexibility index (Phi) is 3.69. The number of nitrogen functional groups attached to an aromatic ring is 1. The molecule has 1 aromatic heterocycles. The molecular formula is C8H13N5O. The normalized spacial score (nSPS) is 9.50. The van der Waals surface area contributed by atoms with Crippen LogP contribution in [-0.2, 0) is 4.79 Å². The zero-order valence-electron chi connectivity index (χ0n) is 7.66. The minimum Gasteiger partial charge on any atom is -0.370 e. The fourth-order valence-corrected chi connectivity index (χ4v) is 0.927. The highest BCUT2D eigenvalue weighted by Gasteiger charge is 1.96. The lowest BCUT2D eigenvalue weighted by Crippen LogP contribution is -2.16. The third-order valence-corrected chi connectivity index (χ3v) is 1.57. The van der Waals surface area contributed by atoms with Gasteiger partial charge < -0.3 is 16.5 Å². The van der Waals surface area contributed by atoms with E-state index < -0.39 is 0 Å². The molecule has 0 aliphatic heterocycles. The molecule has 0 aliphatic carbocycles. The van der Waals surface area contributed by atoms with Crippen LogP contribution in [0.2, 0.25) is 0 Å². The average molecular weight is 195 g/mol. The molecule has 6 nitrogen and oxygen atoms in total. The number of carbonyl (C=O) groups is 1. The van der Waals surface area contributed by atoms with Crippen LogP contribution >= 0.6 is 0 Å². The fraction of sp³-hybridized carbons (Fsp3) is 0.250. The first kappa shape index (κ1) is 10.3. The molecule has 0 atom stereocenters. The number of hydrogen-bond donors (Lipinski definition) is 4. The van der Waals surface area contributed by atoms with Crippen LogP contribution in [0.4, 0.5) is 11.6 Å². The lowest BCUT2D eigenvalue weighted by Gasteiger charge is -2.05. The van der Waals surface area contributed by atoms with Crippen LogP contribution in [0.3, 0.4) is 0 Å². The molecule has 0 aromatic carbocycles. The molecule has 0 saturated carbocycles. The molecule has 0 saturated heterocycles. The second kappa shape index (κ2) is 5.03. The van der Waals surface area contributed by atoms with Crippen LogP contribution in [0.25, 0.3) is 0 Å². The molecule has 14 heavy (non-hydrogen) atoms. The van der Waals surface area contributed by atoms with E-state index in [-0.39, 0.29) is 12.3 Å². The van der Waals surface area contributed by atoms with Gasteiger partial charge in [-0.05, 0) is 12.1 Å². The topological polar surface area (TPSA) is 106 Å². The van der Waals surface area contributed by atoms with Gasteiger partial charge in [-0.15, -0.1) is 0 Å².